The molecule has 1 N–H and O–H groups in total. The molecule has 0 atom stereocenters. The lowest BCUT2D eigenvalue weighted by atomic mass is 10.2. The van der Waals surface area contributed by atoms with Gasteiger partial charge in [-0.05, 0) is 42.0 Å². The number of rotatable bonds is 6. The lowest BCUT2D eigenvalue weighted by Gasteiger charge is -2.06. The van der Waals surface area contributed by atoms with Crippen LogP contribution in [-0.4, -0.2) is 24.0 Å². The molecule has 1 heterocycles. The Balaban J connectivity index is 1.63. The van der Waals surface area contributed by atoms with Crippen molar-refractivity contribution < 1.29 is 8.42 Å². The topological polar surface area (TPSA) is 71.9 Å². The van der Waals surface area contributed by atoms with Gasteiger partial charge in [0, 0.05) is 0 Å². The Morgan fingerprint density at radius 1 is 1.04 bits per heavy atom. The van der Waals surface area contributed by atoms with Crippen LogP contribution >= 0.6 is 0 Å². The molecule has 1 aliphatic rings. The molecule has 0 saturated heterocycles. The van der Waals surface area contributed by atoms with E-state index in [0.29, 0.717) is 23.4 Å². The standard InChI is InChI=1S/C19H20N2O3S/c22-19-17-10-16(13-25(23,24)12-15-6-7-15)8-9-18(17)21(20-19)11-14-4-2-1-3-5-14/h1-5,8-10,15H,6-7,11-13H2,(H,20,22). The Bertz CT molecular complexity index is 1060. The van der Waals surface area contributed by atoms with E-state index in [1.807, 2.05) is 42.5 Å². The van der Waals surface area contributed by atoms with Crippen molar-refractivity contribution in [3.63, 3.8) is 0 Å². The number of fused-ring (bicyclic) bond motifs is 1. The van der Waals surface area contributed by atoms with Crippen molar-refractivity contribution in [3.05, 3.63) is 70.0 Å². The second kappa shape index (κ2) is 6.19. The van der Waals surface area contributed by atoms with Crippen molar-refractivity contribution in [2.24, 2.45) is 5.92 Å². The maximum Gasteiger partial charge on any atom is 0.271 e. The third kappa shape index (κ3) is 3.69. The van der Waals surface area contributed by atoms with Crippen LogP contribution < -0.4 is 5.56 Å². The molecule has 1 aromatic heterocycles. The largest absolute Gasteiger partial charge is 0.280 e. The van der Waals surface area contributed by atoms with Crippen molar-refractivity contribution in [2.75, 3.05) is 5.75 Å². The normalized spacial score (nSPS) is 14.9. The second-order valence-electron chi connectivity index (χ2n) is 6.86. The summed E-state index contributed by atoms with van der Waals surface area (Å²) >= 11 is 0. The number of nitrogens with one attached hydrogen (secondary N) is 1. The highest BCUT2D eigenvalue weighted by Gasteiger charge is 2.28. The molecule has 4 rings (SSSR count). The molecule has 0 bridgehead atoms. The molecule has 130 valence electrons. The summed E-state index contributed by atoms with van der Waals surface area (Å²) in [5.74, 6) is 0.600. The molecule has 25 heavy (non-hydrogen) atoms. The van der Waals surface area contributed by atoms with Crippen molar-refractivity contribution in [2.45, 2.75) is 25.1 Å². The summed E-state index contributed by atoms with van der Waals surface area (Å²) < 4.78 is 26.3. The molecule has 0 radical (unpaired) electrons. The van der Waals surface area contributed by atoms with Crippen LogP contribution in [0.15, 0.2) is 53.3 Å². The molecule has 0 unspecified atom stereocenters. The third-order valence-electron chi connectivity index (χ3n) is 4.59. The molecule has 3 aromatic rings. The van der Waals surface area contributed by atoms with Gasteiger partial charge in [-0.1, -0.05) is 36.4 Å². The van der Waals surface area contributed by atoms with Crippen LogP contribution in [-0.2, 0) is 22.1 Å². The van der Waals surface area contributed by atoms with E-state index in [1.165, 1.54) is 0 Å². The van der Waals surface area contributed by atoms with Gasteiger partial charge in [0.1, 0.15) is 0 Å². The number of aromatic nitrogens is 2. The van der Waals surface area contributed by atoms with Crippen LogP contribution in [0.2, 0.25) is 0 Å². The third-order valence-corrected chi connectivity index (χ3v) is 6.34. The first-order chi connectivity index (χ1) is 12.0. The Labute approximate surface area is 146 Å². The van der Waals surface area contributed by atoms with Gasteiger partial charge < -0.3 is 0 Å². The van der Waals surface area contributed by atoms with Crippen LogP contribution in [0.25, 0.3) is 10.9 Å². The summed E-state index contributed by atoms with van der Waals surface area (Å²) in [5, 5.41) is 3.38. The number of hydrogen-bond donors (Lipinski definition) is 1. The van der Waals surface area contributed by atoms with Crippen molar-refractivity contribution in [3.8, 4) is 0 Å². The van der Waals surface area contributed by atoms with Gasteiger partial charge in [-0.2, -0.15) is 0 Å². The van der Waals surface area contributed by atoms with Gasteiger partial charge in [-0.3, -0.25) is 14.6 Å². The monoisotopic (exact) mass is 356 g/mol. The number of hydrogen-bond acceptors (Lipinski definition) is 3. The Hall–Kier alpha value is -2.34. The fourth-order valence-corrected chi connectivity index (χ4v) is 5.04. The van der Waals surface area contributed by atoms with E-state index < -0.39 is 9.84 Å². The fraction of sp³-hybridized carbons (Fsp3) is 0.316. The lowest BCUT2D eigenvalue weighted by molar-refractivity contribution is 0.591. The molecule has 1 saturated carbocycles. The van der Waals surface area contributed by atoms with E-state index in [-0.39, 0.29) is 17.1 Å². The van der Waals surface area contributed by atoms with Crippen LogP contribution in [0.4, 0.5) is 0 Å². The quantitative estimate of drug-likeness (QED) is 0.738. The van der Waals surface area contributed by atoms with E-state index in [4.69, 9.17) is 0 Å². The molecule has 0 spiro atoms. The molecule has 5 nitrogen and oxygen atoms in total. The Morgan fingerprint density at radius 2 is 1.80 bits per heavy atom. The van der Waals surface area contributed by atoms with E-state index in [9.17, 15) is 13.2 Å². The Kier molecular flexibility index (Phi) is 4.00. The first kappa shape index (κ1) is 16.1. The maximum atomic E-state index is 12.3. The summed E-state index contributed by atoms with van der Waals surface area (Å²) in [5.41, 5.74) is 2.37. The average Bonchev–Trinajstić information content (AvgIpc) is 3.32. The molecule has 0 amide bonds. The van der Waals surface area contributed by atoms with E-state index in [2.05, 4.69) is 5.10 Å². The number of benzene rings is 2. The number of H-pyrrole nitrogens is 1. The van der Waals surface area contributed by atoms with Crippen LogP contribution in [0.3, 0.4) is 0 Å². The number of nitrogens with zero attached hydrogens (tertiary/aromatic N) is 1. The van der Waals surface area contributed by atoms with E-state index in [1.54, 1.807) is 10.7 Å². The number of aromatic amines is 1. The summed E-state index contributed by atoms with van der Waals surface area (Å²) in [6.45, 7) is 0.568. The van der Waals surface area contributed by atoms with Gasteiger partial charge >= 0.3 is 0 Å². The Morgan fingerprint density at radius 3 is 2.52 bits per heavy atom. The van der Waals surface area contributed by atoms with Crippen LogP contribution in [0.1, 0.15) is 24.0 Å². The smallest absolute Gasteiger partial charge is 0.271 e. The number of sulfone groups is 1. The molecule has 6 heteroatoms. The summed E-state index contributed by atoms with van der Waals surface area (Å²) in [7, 11) is -3.11. The molecular weight excluding hydrogens is 336 g/mol. The maximum absolute atomic E-state index is 12.3. The highest BCUT2D eigenvalue weighted by atomic mass is 32.2. The summed E-state index contributed by atoms with van der Waals surface area (Å²) in [6, 6.07) is 15.2. The predicted molar refractivity (Wildman–Crippen MR) is 98.3 cm³/mol. The summed E-state index contributed by atoms with van der Waals surface area (Å²) in [4.78, 5) is 12.3. The predicted octanol–water partition coefficient (Wildman–Crippen LogP) is 2.70. The van der Waals surface area contributed by atoms with Crippen molar-refractivity contribution in [1.82, 2.24) is 9.78 Å². The minimum Gasteiger partial charge on any atom is -0.280 e. The molecule has 2 aromatic carbocycles. The second-order valence-corrected chi connectivity index (χ2v) is 8.97. The van der Waals surface area contributed by atoms with Crippen molar-refractivity contribution >= 4 is 20.7 Å². The zero-order valence-electron chi connectivity index (χ0n) is 13.8. The van der Waals surface area contributed by atoms with Crippen LogP contribution in [0.5, 0.6) is 0 Å². The highest BCUT2D eigenvalue weighted by molar-refractivity contribution is 7.90. The molecule has 1 aliphatic carbocycles. The fourth-order valence-electron chi connectivity index (χ4n) is 3.18. The first-order valence-electron chi connectivity index (χ1n) is 8.46. The highest BCUT2D eigenvalue weighted by Crippen LogP contribution is 2.31. The molecule has 0 aliphatic heterocycles. The van der Waals surface area contributed by atoms with Gasteiger partial charge in [0.05, 0.1) is 29.0 Å². The minimum atomic E-state index is -3.11. The summed E-state index contributed by atoms with van der Waals surface area (Å²) in [6.07, 6.45) is 2.03. The zero-order valence-corrected chi connectivity index (χ0v) is 14.6. The molecule has 1 fully saturated rings. The average molecular weight is 356 g/mol. The van der Waals surface area contributed by atoms with E-state index >= 15 is 0 Å². The van der Waals surface area contributed by atoms with E-state index in [0.717, 1.165) is 23.9 Å². The molecular formula is C19H20N2O3S. The van der Waals surface area contributed by atoms with Crippen LogP contribution in [0, 0.1) is 5.92 Å². The first-order valence-corrected chi connectivity index (χ1v) is 10.3. The van der Waals surface area contributed by atoms with Gasteiger partial charge in [0.25, 0.3) is 5.56 Å². The minimum absolute atomic E-state index is 0.00272. The lowest BCUT2D eigenvalue weighted by Crippen LogP contribution is -2.11. The van der Waals surface area contributed by atoms with Gasteiger partial charge in [0.15, 0.2) is 9.84 Å². The van der Waals surface area contributed by atoms with Gasteiger partial charge in [0.2, 0.25) is 0 Å². The SMILES string of the molecule is O=c1[nH]n(Cc2ccccc2)c2ccc(CS(=O)(=O)CC3CC3)cc12. The zero-order chi connectivity index (χ0) is 17.4. The van der Waals surface area contributed by atoms with Gasteiger partial charge in [-0.25, -0.2) is 8.42 Å². The van der Waals surface area contributed by atoms with Crippen molar-refractivity contribution in [1.29, 1.82) is 0 Å². The van der Waals surface area contributed by atoms with Gasteiger partial charge in [-0.15, -0.1) is 0 Å².